The molecule has 0 aliphatic carbocycles. The summed E-state index contributed by atoms with van der Waals surface area (Å²) in [5, 5.41) is 4.00. The predicted octanol–water partition coefficient (Wildman–Crippen LogP) is 5.18. The lowest BCUT2D eigenvalue weighted by atomic mass is 9.82. The van der Waals surface area contributed by atoms with Crippen molar-refractivity contribution in [2.75, 3.05) is 16.4 Å². The van der Waals surface area contributed by atoms with Crippen LogP contribution in [-0.4, -0.2) is 31.0 Å². The minimum atomic E-state index is -3.46. The maximum absolute atomic E-state index is 15.0. The van der Waals surface area contributed by atoms with Gasteiger partial charge in [-0.3, -0.25) is 14.6 Å². The van der Waals surface area contributed by atoms with E-state index in [0.717, 1.165) is 24.4 Å². The first-order valence-electron chi connectivity index (χ1n) is 11.1. The third kappa shape index (κ3) is 6.30. The molecule has 1 heterocycles. The summed E-state index contributed by atoms with van der Waals surface area (Å²) in [7, 11) is -3.46. The zero-order valence-electron chi connectivity index (χ0n) is 20.3. The maximum Gasteiger partial charge on any atom is 0.234 e. The topological polar surface area (TPSA) is 105 Å². The van der Waals surface area contributed by atoms with Gasteiger partial charge in [0, 0.05) is 29.2 Å². The zero-order valence-corrected chi connectivity index (χ0v) is 21.9. The molecule has 3 aromatic rings. The summed E-state index contributed by atoms with van der Waals surface area (Å²) in [6.07, 6.45) is 0.811. The van der Waals surface area contributed by atoms with Gasteiger partial charge in [-0.25, -0.2) is 26.0 Å². The van der Waals surface area contributed by atoms with Gasteiger partial charge in [-0.15, -0.1) is 0 Å². The molecule has 7 nitrogen and oxygen atoms in total. The Balaban J connectivity index is 1.76. The molecule has 0 aliphatic heterocycles. The number of nitrogens with zero attached hydrogens (tertiary/aromatic N) is 1. The number of hydrogen-bond acceptors (Lipinski definition) is 5. The van der Waals surface area contributed by atoms with Gasteiger partial charge in [0.25, 0.3) is 0 Å². The molecule has 2 N–H and O–H groups in total. The Bertz CT molecular complexity index is 1490. The minimum absolute atomic E-state index is 0.000745. The van der Waals surface area contributed by atoms with E-state index in [4.69, 9.17) is 11.6 Å². The molecule has 0 radical (unpaired) electrons. The lowest BCUT2D eigenvalue weighted by molar-refractivity contribution is -0.120. The summed E-state index contributed by atoms with van der Waals surface area (Å²) >= 11 is 5.62. The highest BCUT2D eigenvalue weighted by Gasteiger charge is 2.36. The van der Waals surface area contributed by atoms with E-state index in [0.29, 0.717) is 6.07 Å². The molecule has 2 amide bonds. The average Bonchev–Trinajstić information content (AvgIpc) is 2.82. The van der Waals surface area contributed by atoms with Crippen molar-refractivity contribution >= 4 is 44.6 Å². The molecule has 0 saturated heterocycles. The predicted molar refractivity (Wildman–Crippen MR) is 134 cm³/mol. The summed E-state index contributed by atoms with van der Waals surface area (Å²) in [5.41, 5.74) is -3.02. The number of hydrogen-bond donors (Lipinski definition) is 2. The van der Waals surface area contributed by atoms with E-state index in [-0.39, 0.29) is 28.5 Å². The number of rotatable bonds is 8. The second-order valence-electron chi connectivity index (χ2n) is 8.75. The Morgan fingerprint density at radius 3 is 2.13 bits per heavy atom. The summed E-state index contributed by atoms with van der Waals surface area (Å²) in [4.78, 5) is 29.1. The van der Waals surface area contributed by atoms with Crippen molar-refractivity contribution in [1.82, 2.24) is 4.98 Å². The van der Waals surface area contributed by atoms with E-state index in [2.05, 4.69) is 15.6 Å². The molecule has 0 atom stereocenters. The fourth-order valence-electron chi connectivity index (χ4n) is 3.49. The number of carbonyl (C=O) groups excluding carboxylic acids is 2. The Morgan fingerprint density at radius 1 is 0.947 bits per heavy atom. The molecule has 3 rings (SSSR count). The lowest BCUT2D eigenvalue weighted by Crippen LogP contribution is -2.37. The number of sulfone groups is 1. The van der Waals surface area contributed by atoms with Crippen LogP contribution in [0.3, 0.4) is 0 Å². The van der Waals surface area contributed by atoms with Crippen LogP contribution in [0.4, 0.5) is 28.9 Å². The number of carbonyl (C=O) groups is 2. The minimum Gasteiger partial charge on any atom is -0.326 e. The second-order valence-corrected chi connectivity index (χ2v) is 11.4. The van der Waals surface area contributed by atoms with Gasteiger partial charge in [-0.2, -0.15) is 0 Å². The van der Waals surface area contributed by atoms with Crippen LogP contribution in [0.15, 0.2) is 47.5 Å². The number of amides is 2. The molecule has 202 valence electrons. The Hall–Kier alpha value is -3.51. The van der Waals surface area contributed by atoms with E-state index in [1.54, 1.807) is 0 Å². The van der Waals surface area contributed by atoms with Gasteiger partial charge in [-0.05, 0) is 44.2 Å². The van der Waals surface area contributed by atoms with E-state index in [1.165, 1.54) is 32.9 Å². The highest BCUT2D eigenvalue weighted by molar-refractivity contribution is 7.91. The number of aromatic nitrogens is 1. The van der Waals surface area contributed by atoms with Crippen LogP contribution in [-0.2, 0) is 31.3 Å². The molecule has 1 aromatic heterocycles. The van der Waals surface area contributed by atoms with Gasteiger partial charge in [-0.1, -0.05) is 18.5 Å². The van der Waals surface area contributed by atoms with Crippen molar-refractivity contribution in [1.29, 1.82) is 0 Å². The van der Waals surface area contributed by atoms with Gasteiger partial charge in [0.1, 0.15) is 23.3 Å². The normalized spacial score (nSPS) is 11.8. The molecule has 0 aliphatic rings. The Morgan fingerprint density at radius 2 is 1.58 bits per heavy atom. The van der Waals surface area contributed by atoms with Crippen LogP contribution in [0.1, 0.15) is 32.0 Å². The fourth-order valence-corrected chi connectivity index (χ4v) is 4.47. The number of anilines is 2. The molecule has 0 saturated carbocycles. The molecule has 2 aromatic carbocycles. The molecular weight excluding hydrogens is 550 g/mol. The van der Waals surface area contributed by atoms with Crippen LogP contribution >= 0.6 is 11.6 Å². The average molecular weight is 572 g/mol. The van der Waals surface area contributed by atoms with Crippen molar-refractivity contribution in [2.24, 2.45) is 0 Å². The molecule has 0 fully saturated rings. The highest BCUT2D eigenvalue weighted by Crippen LogP contribution is 2.33. The first-order chi connectivity index (χ1) is 17.6. The molecule has 0 spiro atoms. The summed E-state index contributed by atoms with van der Waals surface area (Å²) in [5.74, 6) is -6.31. The largest absolute Gasteiger partial charge is 0.326 e. The van der Waals surface area contributed by atoms with Crippen LogP contribution in [0.25, 0.3) is 0 Å². The first-order valence-corrected chi connectivity index (χ1v) is 13.1. The first kappa shape index (κ1) is 29.1. The summed E-state index contributed by atoms with van der Waals surface area (Å²) in [6.45, 7) is 3.87. The third-order valence-electron chi connectivity index (χ3n) is 5.66. The SMILES string of the molecule is CCS(=O)(=O)c1ccc(CC(=O)Nc2cc(F)c(C(C)(C)C(=O)Nc3cc(Cl)c(F)cc3F)c(F)c2)nc1. The van der Waals surface area contributed by atoms with Crippen LogP contribution < -0.4 is 10.6 Å². The van der Waals surface area contributed by atoms with Crippen molar-refractivity contribution < 1.29 is 35.6 Å². The zero-order chi connectivity index (χ0) is 28.4. The van der Waals surface area contributed by atoms with Gasteiger partial charge in [0.05, 0.1) is 33.2 Å². The fraction of sp³-hybridized carbons (Fsp3) is 0.240. The molecule has 0 bridgehead atoms. The lowest BCUT2D eigenvalue weighted by Gasteiger charge is -2.26. The quantitative estimate of drug-likeness (QED) is 0.286. The van der Waals surface area contributed by atoms with E-state index in [1.807, 2.05) is 0 Å². The van der Waals surface area contributed by atoms with E-state index < -0.39 is 66.6 Å². The van der Waals surface area contributed by atoms with Crippen LogP contribution in [0.2, 0.25) is 5.02 Å². The number of pyridine rings is 1. The monoisotopic (exact) mass is 571 g/mol. The van der Waals surface area contributed by atoms with Gasteiger partial charge >= 0.3 is 0 Å². The summed E-state index contributed by atoms with van der Waals surface area (Å²) < 4.78 is 81.1. The van der Waals surface area contributed by atoms with E-state index in [9.17, 15) is 35.6 Å². The van der Waals surface area contributed by atoms with Crippen LogP contribution in [0.5, 0.6) is 0 Å². The van der Waals surface area contributed by atoms with Crippen molar-refractivity contribution in [3.63, 3.8) is 0 Å². The van der Waals surface area contributed by atoms with E-state index >= 15 is 0 Å². The van der Waals surface area contributed by atoms with Gasteiger partial charge in [0.2, 0.25) is 11.8 Å². The molecule has 13 heteroatoms. The summed E-state index contributed by atoms with van der Waals surface area (Å²) in [6, 6.07) is 5.57. The maximum atomic E-state index is 15.0. The van der Waals surface area contributed by atoms with Gasteiger partial charge < -0.3 is 10.6 Å². The number of halogens is 5. The number of benzene rings is 2. The smallest absolute Gasteiger partial charge is 0.234 e. The molecule has 0 unspecified atom stereocenters. The highest BCUT2D eigenvalue weighted by atomic mass is 35.5. The van der Waals surface area contributed by atoms with Crippen molar-refractivity contribution in [2.45, 2.75) is 37.5 Å². The standard InChI is InChI=1S/C25H22ClF4N3O4S/c1-4-38(36,37)15-6-5-13(31-12-15)9-22(34)32-14-7-19(29)23(20(30)8-14)25(2,3)24(35)33-21-10-16(26)17(27)11-18(21)28/h5-8,10-12H,4,9H2,1-3H3,(H,32,34)(H,33,35). The van der Waals surface area contributed by atoms with Gasteiger partial charge in [0.15, 0.2) is 9.84 Å². The van der Waals surface area contributed by atoms with Crippen molar-refractivity contribution in [3.8, 4) is 0 Å². The van der Waals surface area contributed by atoms with Crippen molar-refractivity contribution in [3.05, 3.63) is 82.1 Å². The number of nitrogens with one attached hydrogen (secondary N) is 2. The molecule has 38 heavy (non-hydrogen) atoms. The molecular formula is C25H22ClF4N3O4S. The Kier molecular flexibility index (Phi) is 8.47. The third-order valence-corrected chi connectivity index (χ3v) is 7.66. The van der Waals surface area contributed by atoms with Crippen LogP contribution in [0, 0.1) is 23.3 Å². The Labute approximate surface area is 221 Å². The second kappa shape index (κ2) is 11.1.